The molecule has 7 heteroatoms. The summed E-state index contributed by atoms with van der Waals surface area (Å²) in [6.45, 7) is 0.377. The predicted octanol–water partition coefficient (Wildman–Crippen LogP) is 1.60. The third-order valence-electron chi connectivity index (χ3n) is 1.77. The van der Waals surface area contributed by atoms with Crippen LogP contribution in [0.15, 0.2) is 18.2 Å². The lowest BCUT2D eigenvalue weighted by molar-refractivity contribution is 0.239. The van der Waals surface area contributed by atoms with Crippen LogP contribution in [0.4, 0.5) is 19.3 Å². The average molecular weight is 247 g/mol. The molecule has 0 saturated carbocycles. The van der Waals surface area contributed by atoms with Gasteiger partial charge in [-0.05, 0) is 12.1 Å². The number of nitrogens with zero attached hydrogens (tertiary/aromatic N) is 1. The van der Waals surface area contributed by atoms with Gasteiger partial charge >= 0.3 is 6.03 Å². The second-order valence-electron chi connectivity index (χ2n) is 2.94. The minimum absolute atomic E-state index is 0.172. The molecule has 0 aliphatic carbocycles. The Kier molecular flexibility index (Phi) is 4.51. The summed E-state index contributed by atoms with van der Waals surface area (Å²) < 4.78 is 27.2. The highest BCUT2D eigenvalue weighted by molar-refractivity contribution is 7.78. The molecule has 0 radical (unpaired) electrons. The summed E-state index contributed by atoms with van der Waals surface area (Å²) in [4.78, 5) is 11.4. The maximum absolute atomic E-state index is 13.1. The van der Waals surface area contributed by atoms with E-state index in [2.05, 4.69) is 18.1 Å². The zero-order valence-corrected chi connectivity index (χ0v) is 9.18. The van der Waals surface area contributed by atoms with Gasteiger partial charge in [0.25, 0.3) is 0 Å². The summed E-state index contributed by atoms with van der Waals surface area (Å²) >= 11 is 3.80. The van der Waals surface area contributed by atoms with Crippen molar-refractivity contribution in [1.29, 1.82) is 0 Å². The molecule has 0 aliphatic rings. The van der Waals surface area contributed by atoms with Gasteiger partial charge in [-0.2, -0.15) is 0 Å². The number of urea groups is 1. The van der Waals surface area contributed by atoms with Gasteiger partial charge < -0.3 is 11.1 Å². The zero-order valence-electron chi connectivity index (χ0n) is 8.28. The molecule has 0 spiro atoms. The lowest BCUT2D eigenvalue weighted by atomic mass is 10.3. The van der Waals surface area contributed by atoms with E-state index in [4.69, 9.17) is 5.73 Å². The lowest BCUT2D eigenvalue weighted by Crippen LogP contribution is -2.31. The molecule has 1 aromatic rings. The molecule has 0 aliphatic heterocycles. The van der Waals surface area contributed by atoms with Crippen LogP contribution in [0.3, 0.4) is 0 Å². The quantitative estimate of drug-likeness (QED) is 0.711. The third-order valence-corrected chi connectivity index (χ3v) is 2.15. The van der Waals surface area contributed by atoms with E-state index in [-0.39, 0.29) is 13.1 Å². The topological polar surface area (TPSA) is 58.4 Å². The number of carbonyl (C=O) groups is 1. The van der Waals surface area contributed by atoms with E-state index in [0.717, 1.165) is 16.4 Å². The maximum Gasteiger partial charge on any atom is 0.331 e. The molecule has 0 saturated heterocycles. The van der Waals surface area contributed by atoms with E-state index < -0.39 is 23.4 Å². The number of nitrogens with one attached hydrogen (secondary N) is 1. The van der Waals surface area contributed by atoms with E-state index in [1.54, 1.807) is 0 Å². The molecule has 16 heavy (non-hydrogen) atoms. The summed E-state index contributed by atoms with van der Waals surface area (Å²) in [5.41, 5.74) is 4.71. The van der Waals surface area contributed by atoms with Gasteiger partial charge in [0.2, 0.25) is 0 Å². The Hall–Kier alpha value is -1.34. The monoisotopic (exact) mass is 247 g/mol. The fourth-order valence-electron chi connectivity index (χ4n) is 1.01. The summed E-state index contributed by atoms with van der Waals surface area (Å²) in [7, 11) is 0. The average Bonchev–Trinajstić information content (AvgIpc) is 2.23. The van der Waals surface area contributed by atoms with E-state index in [0.29, 0.717) is 0 Å². The second-order valence-corrected chi connectivity index (χ2v) is 3.42. The fraction of sp³-hybridized carbons (Fsp3) is 0.222. The molecular weight excluding hydrogens is 236 g/mol. The number of rotatable bonds is 3. The van der Waals surface area contributed by atoms with Crippen molar-refractivity contribution >= 4 is 24.5 Å². The molecule has 0 heterocycles. The molecule has 1 aromatic carbocycles. The van der Waals surface area contributed by atoms with Gasteiger partial charge in [-0.1, -0.05) is 18.9 Å². The highest BCUT2D eigenvalue weighted by Crippen LogP contribution is 2.18. The van der Waals surface area contributed by atoms with Crippen LogP contribution >= 0.6 is 12.8 Å². The van der Waals surface area contributed by atoms with Gasteiger partial charge in [0.15, 0.2) is 0 Å². The van der Waals surface area contributed by atoms with Crippen molar-refractivity contribution in [3.8, 4) is 0 Å². The van der Waals surface area contributed by atoms with Crippen molar-refractivity contribution in [2.24, 2.45) is 5.73 Å². The van der Waals surface area contributed by atoms with Crippen LogP contribution in [0, 0.1) is 11.6 Å². The van der Waals surface area contributed by atoms with Crippen LogP contribution in [-0.4, -0.2) is 23.4 Å². The van der Waals surface area contributed by atoms with Gasteiger partial charge in [0, 0.05) is 13.1 Å². The van der Waals surface area contributed by atoms with E-state index in [9.17, 15) is 13.6 Å². The second kappa shape index (κ2) is 5.66. The van der Waals surface area contributed by atoms with Gasteiger partial charge in [-0.15, -0.1) is 0 Å². The van der Waals surface area contributed by atoms with Crippen molar-refractivity contribution in [3.63, 3.8) is 0 Å². The lowest BCUT2D eigenvalue weighted by Gasteiger charge is -2.15. The van der Waals surface area contributed by atoms with Crippen LogP contribution in [-0.2, 0) is 0 Å². The van der Waals surface area contributed by atoms with Crippen LogP contribution in [0.5, 0.6) is 0 Å². The maximum atomic E-state index is 13.1. The number of hydrogen-bond donors (Lipinski definition) is 3. The number of benzene rings is 1. The largest absolute Gasteiger partial charge is 0.331 e. The van der Waals surface area contributed by atoms with Gasteiger partial charge in [0.05, 0.1) is 0 Å². The van der Waals surface area contributed by atoms with Crippen molar-refractivity contribution in [1.82, 2.24) is 4.31 Å². The van der Waals surface area contributed by atoms with E-state index >= 15 is 0 Å². The highest BCUT2D eigenvalue weighted by Gasteiger charge is 2.14. The number of nitrogens with two attached hydrogens (primary N) is 1. The summed E-state index contributed by atoms with van der Waals surface area (Å²) in [5.74, 6) is -1.69. The number of hydrogen-bond acceptors (Lipinski definition) is 3. The first kappa shape index (κ1) is 12.7. The molecule has 0 fully saturated rings. The number of para-hydroxylation sites is 1. The molecule has 88 valence electrons. The summed E-state index contributed by atoms with van der Waals surface area (Å²) in [5, 5.41) is 2.07. The minimum atomic E-state index is -0.845. The number of amides is 2. The summed E-state index contributed by atoms with van der Waals surface area (Å²) in [6, 6.07) is 2.56. The van der Waals surface area contributed by atoms with Gasteiger partial charge in [-0.25, -0.2) is 13.6 Å². The van der Waals surface area contributed by atoms with E-state index in [1.165, 1.54) is 6.07 Å². The van der Waals surface area contributed by atoms with Crippen molar-refractivity contribution in [2.75, 3.05) is 18.4 Å². The zero-order chi connectivity index (χ0) is 12.1. The molecular formula is C9H11F2N3OS. The number of anilines is 1. The smallest absolute Gasteiger partial charge is 0.329 e. The Morgan fingerprint density at radius 1 is 1.44 bits per heavy atom. The SMILES string of the molecule is NCCN(S)C(=O)Nc1c(F)cccc1F. The normalized spacial score (nSPS) is 10.0. The molecule has 0 bridgehead atoms. The molecule has 0 aromatic heterocycles. The highest BCUT2D eigenvalue weighted by atomic mass is 32.1. The Morgan fingerprint density at radius 3 is 2.50 bits per heavy atom. The Morgan fingerprint density at radius 2 is 2.00 bits per heavy atom. The molecule has 0 unspecified atom stereocenters. The Balaban J connectivity index is 2.77. The van der Waals surface area contributed by atoms with Gasteiger partial charge in [0.1, 0.15) is 17.3 Å². The van der Waals surface area contributed by atoms with Crippen LogP contribution in [0.1, 0.15) is 0 Å². The minimum Gasteiger partial charge on any atom is -0.329 e. The van der Waals surface area contributed by atoms with E-state index in [1.807, 2.05) is 0 Å². The Labute approximate surface area is 97.0 Å². The summed E-state index contributed by atoms with van der Waals surface area (Å²) in [6.07, 6.45) is 0. The van der Waals surface area contributed by atoms with Crippen LogP contribution < -0.4 is 11.1 Å². The van der Waals surface area contributed by atoms with Crippen molar-refractivity contribution in [3.05, 3.63) is 29.8 Å². The molecule has 4 nitrogen and oxygen atoms in total. The molecule has 0 atom stereocenters. The molecule has 1 rings (SSSR count). The fourth-order valence-corrected chi connectivity index (χ4v) is 1.18. The first-order valence-electron chi connectivity index (χ1n) is 4.47. The number of halogens is 2. The first-order chi connectivity index (χ1) is 7.56. The molecule has 2 amide bonds. The molecule has 3 N–H and O–H groups in total. The standard InChI is InChI=1S/C9H11F2N3OS/c10-6-2-1-3-7(11)8(6)13-9(15)14(16)5-4-12/h1-3,16H,4-5,12H2,(H,13,15). The van der Waals surface area contributed by atoms with Crippen molar-refractivity contribution in [2.45, 2.75) is 0 Å². The van der Waals surface area contributed by atoms with Crippen LogP contribution in [0.2, 0.25) is 0 Å². The van der Waals surface area contributed by atoms with Crippen LogP contribution in [0.25, 0.3) is 0 Å². The van der Waals surface area contributed by atoms with Crippen molar-refractivity contribution < 1.29 is 13.6 Å². The number of thiol groups is 1. The Bertz CT molecular complexity index is 369. The predicted molar refractivity (Wildman–Crippen MR) is 60.1 cm³/mol. The first-order valence-corrected chi connectivity index (χ1v) is 4.87. The van der Waals surface area contributed by atoms with Gasteiger partial charge in [-0.3, -0.25) is 4.31 Å². The third kappa shape index (κ3) is 3.07. The number of carbonyl (C=O) groups excluding carboxylic acids is 1.